The molecule has 2 heteroatoms. The van der Waals surface area contributed by atoms with Crippen molar-refractivity contribution >= 4 is 39.6 Å². The topological polar surface area (TPSA) is 0 Å². The van der Waals surface area contributed by atoms with E-state index in [1.54, 1.807) is 7.98 Å². The third-order valence-corrected chi connectivity index (χ3v) is 12.8. The Morgan fingerprint density at radius 1 is 0.857 bits per heavy atom. The van der Waals surface area contributed by atoms with Crippen molar-refractivity contribution in [3.05, 3.63) is 24.3 Å². The van der Waals surface area contributed by atoms with E-state index in [0.29, 0.717) is 0 Å². The van der Waals surface area contributed by atoms with Crippen molar-refractivity contribution in [1.29, 1.82) is 0 Å². The van der Waals surface area contributed by atoms with E-state index in [2.05, 4.69) is 56.4 Å². The zero-order valence-corrected chi connectivity index (χ0v) is 15.3. The summed E-state index contributed by atoms with van der Waals surface area (Å²) in [5.74, 6) is 7.36. The monoisotopic (exact) mass is 360 g/mol. The van der Waals surface area contributed by atoms with Crippen LogP contribution in [-0.4, -0.2) is 31.6 Å². The molecule has 1 rings (SSSR count). The Labute approximate surface area is 95.3 Å². The molecule has 1 aromatic rings. The molecule has 0 spiro atoms. The van der Waals surface area contributed by atoms with Gasteiger partial charge in [0, 0.05) is 0 Å². The van der Waals surface area contributed by atoms with E-state index in [1.165, 1.54) is 0 Å². The van der Waals surface area contributed by atoms with Gasteiger partial charge in [-0.25, -0.2) is 0 Å². The molecule has 1 aromatic carbocycles. The van der Waals surface area contributed by atoms with E-state index in [-0.39, 0.29) is 0 Å². The average Bonchev–Trinajstić information content (AvgIpc) is 2.01. The Bertz CT molecular complexity index is 268. The molecule has 0 amide bonds. The molecule has 0 fully saturated rings. The van der Waals surface area contributed by atoms with Crippen LogP contribution < -0.4 is 7.98 Å². The number of benzene rings is 1. The second kappa shape index (κ2) is 4.20. The zero-order chi connectivity index (χ0) is 11.0. The zero-order valence-electron chi connectivity index (χ0n) is 10.3. The average molecular weight is 358 g/mol. The molecule has 0 atom stereocenters. The van der Waals surface area contributed by atoms with Gasteiger partial charge in [-0.3, -0.25) is 0 Å². The molecule has 0 nitrogen and oxygen atoms in total. The third kappa shape index (κ3) is 3.30. The molecule has 0 heterocycles. The van der Waals surface area contributed by atoms with Crippen molar-refractivity contribution in [2.45, 2.75) is 32.1 Å². The Morgan fingerprint density at radius 2 is 1.29 bits per heavy atom. The van der Waals surface area contributed by atoms with Crippen molar-refractivity contribution in [3.63, 3.8) is 0 Å². The molecule has 0 radical (unpaired) electrons. The van der Waals surface area contributed by atoms with Gasteiger partial charge in [-0.2, -0.15) is 0 Å². The molecule has 0 N–H and O–H groups in total. The van der Waals surface area contributed by atoms with Gasteiger partial charge in [0.15, 0.2) is 0 Å². The van der Waals surface area contributed by atoms with Crippen LogP contribution in [0.4, 0.5) is 0 Å². The van der Waals surface area contributed by atoms with Crippen LogP contribution in [0, 0.1) is 0 Å². The van der Waals surface area contributed by atoms with Crippen molar-refractivity contribution in [1.82, 2.24) is 0 Å². The van der Waals surface area contributed by atoms with Crippen molar-refractivity contribution in [2.75, 3.05) is 0 Å². The Morgan fingerprint density at radius 3 is 1.57 bits per heavy atom. The molecule has 0 aliphatic carbocycles. The fourth-order valence-electron chi connectivity index (χ4n) is 1.47. The molecule has 0 aromatic heterocycles. The summed E-state index contributed by atoms with van der Waals surface area (Å²) in [5, 5.41) is 0. The van der Waals surface area contributed by atoms with Crippen LogP contribution >= 0.6 is 0 Å². The van der Waals surface area contributed by atoms with Crippen LogP contribution in [0.2, 0.25) is 32.1 Å². The predicted molar refractivity (Wildman–Crippen MR) is 72.4 cm³/mol. The maximum atomic E-state index is 2.47. The van der Waals surface area contributed by atoms with Gasteiger partial charge >= 0.3 is 96.0 Å². The quantitative estimate of drug-likeness (QED) is 0.714. The molecule has 78 valence electrons. The number of hydrogen-bond acceptors (Lipinski definition) is 0. The van der Waals surface area contributed by atoms with Gasteiger partial charge in [0.1, 0.15) is 0 Å². The Balaban J connectivity index is 3.02. The van der Waals surface area contributed by atoms with Crippen molar-refractivity contribution in [2.24, 2.45) is 0 Å². The first-order valence-electron chi connectivity index (χ1n) is 5.32. The van der Waals surface area contributed by atoms with Crippen LogP contribution in [0.5, 0.6) is 0 Å². The first-order valence-corrected chi connectivity index (χ1v) is 22.7. The second-order valence-corrected chi connectivity index (χ2v) is 31.2. The van der Waals surface area contributed by atoms with Gasteiger partial charge in [0.25, 0.3) is 0 Å². The van der Waals surface area contributed by atoms with Crippen LogP contribution in [0.15, 0.2) is 24.3 Å². The van der Waals surface area contributed by atoms with Crippen LogP contribution in [0.3, 0.4) is 0 Å². The SMILES string of the molecule is [CH3][Ge]([CH3])([CH3])[c]1cc[c]([Sn]([CH3])([CH3])[CH3])cc1. The first-order chi connectivity index (χ1) is 6.21. The van der Waals surface area contributed by atoms with Crippen LogP contribution in [0.25, 0.3) is 0 Å². The standard InChI is InChI=1S/C9H13Ge.3CH3.Sn/c1-10(2,3)9-7-5-4-6-8-9;;;;/h5-8H,1-3H3;3*1H3;. The predicted octanol–water partition coefficient (Wildman–Crippen LogP) is 2.78. The molecule has 0 aliphatic heterocycles. The summed E-state index contributed by atoms with van der Waals surface area (Å²) >= 11 is -3.37. The summed E-state index contributed by atoms with van der Waals surface area (Å²) < 4.78 is 3.28. The van der Waals surface area contributed by atoms with E-state index in [1.807, 2.05) is 0 Å². The normalized spacial score (nSPS) is 13.0. The Kier molecular flexibility index (Phi) is 3.79. The molecule has 14 heavy (non-hydrogen) atoms. The minimum atomic E-state index is -1.80. The van der Waals surface area contributed by atoms with E-state index in [9.17, 15) is 0 Å². The molecular weight excluding hydrogens is 335 g/mol. The first kappa shape index (κ1) is 12.6. The van der Waals surface area contributed by atoms with Crippen molar-refractivity contribution in [3.8, 4) is 0 Å². The fraction of sp³-hybridized carbons (Fsp3) is 0.500. The number of hydrogen-bond donors (Lipinski definition) is 0. The van der Waals surface area contributed by atoms with Gasteiger partial charge < -0.3 is 0 Å². The van der Waals surface area contributed by atoms with E-state index >= 15 is 0 Å². The molecule has 0 saturated carbocycles. The summed E-state index contributed by atoms with van der Waals surface area (Å²) in [5.41, 5.74) is 0. The van der Waals surface area contributed by atoms with Gasteiger partial charge in [0.05, 0.1) is 0 Å². The van der Waals surface area contributed by atoms with Crippen LogP contribution in [0.1, 0.15) is 0 Å². The molecule has 0 saturated heterocycles. The molecule has 0 unspecified atom stereocenters. The summed E-state index contributed by atoms with van der Waals surface area (Å²) in [6, 6.07) is 9.55. The summed E-state index contributed by atoms with van der Waals surface area (Å²) in [4.78, 5) is 7.42. The van der Waals surface area contributed by atoms with E-state index in [0.717, 1.165) is 0 Å². The second-order valence-electron chi connectivity index (χ2n) is 6.08. The van der Waals surface area contributed by atoms with E-state index < -0.39 is 31.6 Å². The Hall–Kier alpha value is 0.562. The molecular formula is C12H22GeSn. The van der Waals surface area contributed by atoms with E-state index in [4.69, 9.17) is 0 Å². The summed E-state index contributed by atoms with van der Waals surface area (Å²) in [6.07, 6.45) is 0. The minimum absolute atomic E-state index is 1.57. The van der Waals surface area contributed by atoms with Gasteiger partial charge in [-0.1, -0.05) is 0 Å². The van der Waals surface area contributed by atoms with Gasteiger partial charge in [-0.15, -0.1) is 0 Å². The summed E-state index contributed by atoms with van der Waals surface area (Å²) in [6.45, 7) is 0. The van der Waals surface area contributed by atoms with Gasteiger partial charge in [0.2, 0.25) is 0 Å². The maximum absolute atomic E-state index is 2.47. The summed E-state index contributed by atoms with van der Waals surface area (Å²) in [7, 11) is 0. The molecule has 0 bridgehead atoms. The van der Waals surface area contributed by atoms with Gasteiger partial charge in [-0.05, 0) is 0 Å². The number of rotatable bonds is 2. The fourth-order valence-corrected chi connectivity index (χ4v) is 7.25. The third-order valence-electron chi connectivity index (χ3n) is 2.62. The van der Waals surface area contributed by atoms with Crippen LogP contribution in [-0.2, 0) is 0 Å². The molecule has 0 aliphatic rings. The van der Waals surface area contributed by atoms with Crippen molar-refractivity contribution < 1.29 is 0 Å².